The van der Waals surface area contributed by atoms with Gasteiger partial charge in [0.25, 0.3) is 0 Å². The first kappa shape index (κ1) is 18.0. The van der Waals surface area contributed by atoms with Crippen molar-refractivity contribution in [2.75, 3.05) is 58.9 Å². The van der Waals surface area contributed by atoms with E-state index in [9.17, 15) is 0 Å². The maximum absolute atomic E-state index is 6.49. The van der Waals surface area contributed by atoms with Crippen LogP contribution in [0.25, 0.3) is 0 Å². The summed E-state index contributed by atoms with van der Waals surface area (Å²) < 4.78 is -0.739. The number of fused-ring (bicyclic) bond motifs is 3. The van der Waals surface area contributed by atoms with Gasteiger partial charge in [-0.1, -0.05) is 23.2 Å². The van der Waals surface area contributed by atoms with E-state index in [1.54, 1.807) is 0 Å². The summed E-state index contributed by atoms with van der Waals surface area (Å²) in [6.07, 6.45) is 1.99. The molecule has 0 aromatic carbocycles. The van der Waals surface area contributed by atoms with Gasteiger partial charge in [0.2, 0.25) is 0 Å². The first-order chi connectivity index (χ1) is 8.68. The van der Waals surface area contributed by atoms with Gasteiger partial charge in [0.15, 0.2) is 4.46 Å². The Morgan fingerprint density at radius 1 is 0.789 bits per heavy atom. The van der Waals surface area contributed by atoms with Crippen LogP contribution in [-0.2, 0) is 17.1 Å². The second-order valence-electron chi connectivity index (χ2n) is 5.10. The molecular formula is C12H24Cl2MnN4. The molecule has 1 radical (unpaired) electrons. The molecule has 2 N–H and O–H groups in total. The van der Waals surface area contributed by atoms with Gasteiger partial charge in [0, 0.05) is 62.8 Å². The van der Waals surface area contributed by atoms with Crippen LogP contribution < -0.4 is 10.6 Å². The van der Waals surface area contributed by atoms with Gasteiger partial charge in [0.05, 0.1) is 0 Å². The maximum Gasteiger partial charge on any atom is 0.172 e. The summed E-state index contributed by atoms with van der Waals surface area (Å²) in [5, 5.41) is 6.89. The van der Waals surface area contributed by atoms with Crippen LogP contribution in [0.1, 0.15) is 12.8 Å². The zero-order chi connectivity index (χ0) is 12.8. The molecule has 0 saturated carbocycles. The molecule has 113 valence electrons. The zero-order valence-corrected chi connectivity index (χ0v) is 14.0. The quantitative estimate of drug-likeness (QED) is 0.383. The maximum atomic E-state index is 6.49. The summed E-state index contributed by atoms with van der Waals surface area (Å²) >= 11 is 13.0. The van der Waals surface area contributed by atoms with E-state index in [0.29, 0.717) is 0 Å². The van der Waals surface area contributed by atoms with E-state index < -0.39 is 4.46 Å². The van der Waals surface area contributed by atoms with Gasteiger partial charge in [-0.2, -0.15) is 0 Å². The summed E-state index contributed by atoms with van der Waals surface area (Å²) in [6.45, 7) is 9.15. The smallest absolute Gasteiger partial charge is 0.172 e. The number of nitrogens with zero attached hydrogens (tertiary/aromatic N) is 2. The molecule has 2 aliphatic rings. The fourth-order valence-corrected chi connectivity index (χ4v) is 3.09. The molecule has 0 aromatic rings. The molecule has 2 saturated heterocycles. The normalized spacial score (nSPS) is 33.2. The average molecular weight is 350 g/mol. The molecule has 0 aromatic heterocycles. The number of halogens is 2. The van der Waals surface area contributed by atoms with Gasteiger partial charge in [-0.15, -0.1) is 0 Å². The number of alkyl halides is 2. The third kappa shape index (κ3) is 6.06. The minimum atomic E-state index is -0.739. The largest absolute Gasteiger partial charge is 0.315 e. The Morgan fingerprint density at radius 2 is 1.53 bits per heavy atom. The fraction of sp³-hybridized carbons (Fsp3) is 1.00. The fourth-order valence-electron chi connectivity index (χ4n) is 2.56. The molecule has 2 bridgehead atoms. The molecule has 4 nitrogen and oxygen atoms in total. The molecule has 2 atom stereocenters. The zero-order valence-electron chi connectivity index (χ0n) is 11.3. The molecule has 0 spiro atoms. The molecular weight excluding hydrogens is 326 g/mol. The van der Waals surface area contributed by atoms with Crippen molar-refractivity contribution in [1.82, 2.24) is 20.4 Å². The minimum absolute atomic E-state index is 0. The standard InChI is InChI=1S/C12H24Cl2N4.Mn/c13-12(14)2-4-16-5-8-17-7-1-3-15-6-9-18(12)11-10-17;/h15-16H,1-11H2;. The van der Waals surface area contributed by atoms with Crippen LogP contribution in [0, 0.1) is 0 Å². The second kappa shape index (κ2) is 9.06. The Labute approximate surface area is 137 Å². The number of hydrogen-bond acceptors (Lipinski definition) is 4. The Kier molecular flexibility index (Phi) is 8.58. The summed E-state index contributed by atoms with van der Waals surface area (Å²) in [7, 11) is 0. The number of hydrogen-bond donors (Lipinski definition) is 2. The molecule has 2 rings (SSSR count). The molecule has 7 heteroatoms. The van der Waals surface area contributed by atoms with E-state index in [-0.39, 0.29) is 17.1 Å². The van der Waals surface area contributed by atoms with Crippen molar-refractivity contribution in [3.05, 3.63) is 0 Å². The third-order valence-electron chi connectivity index (χ3n) is 3.74. The second-order valence-corrected chi connectivity index (χ2v) is 6.54. The van der Waals surface area contributed by atoms with Crippen molar-refractivity contribution in [2.24, 2.45) is 0 Å². The first-order valence-electron chi connectivity index (χ1n) is 6.95. The van der Waals surface area contributed by atoms with Crippen LogP contribution in [0.4, 0.5) is 0 Å². The summed E-state index contributed by atoms with van der Waals surface area (Å²) in [5.74, 6) is 0. The Hall–Kier alpha value is 0.939. The SMILES string of the molecule is ClC1(Cl)CCNCCN2CCCNCCN1CC2.[Mn]. The molecule has 2 aliphatic heterocycles. The number of nitrogens with one attached hydrogen (secondary N) is 2. The van der Waals surface area contributed by atoms with Crippen molar-refractivity contribution < 1.29 is 17.1 Å². The van der Waals surface area contributed by atoms with Crippen molar-refractivity contribution in [3.8, 4) is 0 Å². The van der Waals surface area contributed by atoms with E-state index >= 15 is 0 Å². The molecule has 2 fully saturated rings. The molecule has 2 heterocycles. The van der Waals surface area contributed by atoms with Crippen LogP contribution in [0.15, 0.2) is 0 Å². The average Bonchev–Trinajstić information content (AvgIpc) is 2.35. The van der Waals surface area contributed by atoms with E-state index in [1.165, 1.54) is 6.42 Å². The summed E-state index contributed by atoms with van der Waals surface area (Å²) in [5.41, 5.74) is 0. The van der Waals surface area contributed by atoms with Crippen LogP contribution in [0.3, 0.4) is 0 Å². The summed E-state index contributed by atoms with van der Waals surface area (Å²) in [6, 6.07) is 0. The van der Waals surface area contributed by atoms with Gasteiger partial charge < -0.3 is 15.5 Å². The van der Waals surface area contributed by atoms with Crippen LogP contribution in [-0.4, -0.2) is 73.2 Å². The number of rotatable bonds is 0. The van der Waals surface area contributed by atoms with Gasteiger partial charge in [0.1, 0.15) is 0 Å². The third-order valence-corrected chi connectivity index (χ3v) is 4.60. The van der Waals surface area contributed by atoms with E-state index in [0.717, 1.165) is 65.3 Å². The minimum Gasteiger partial charge on any atom is -0.315 e. The van der Waals surface area contributed by atoms with E-state index in [4.69, 9.17) is 23.2 Å². The Bertz CT molecular complexity index is 254. The molecule has 0 aliphatic carbocycles. The van der Waals surface area contributed by atoms with Gasteiger partial charge in [-0.3, -0.25) is 4.90 Å². The summed E-state index contributed by atoms with van der Waals surface area (Å²) in [4.78, 5) is 4.70. The Morgan fingerprint density at radius 3 is 2.37 bits per heavy atom. The molecule has 0 amide bonds. The van der Waals surface area contributed by atoms with Crippen molar-refractivity contribution in [1.29, 1.82) is 0 Å². The topological polar surface area (TPSA) is 30.5 Å². The van der Waals surface area contributed by atoms with Gasteiger partial charge in [-0.25, -0.2) is 0 Å². The monoisotopic (exact) mass is 349 g/mol. The van der Waals surface area contributed by atoms with Crippen molar-refractivity contribution in [3.63, 3.8) is 0 Å². The van der Waals surface area contributed by atoms with Crippen molar-refractivity contribution in [2.45, 2.75) is 17.3 Å². The van der Waals surface area contributed by atoms with Crippen molar-refractivity contribution >= 4 is 23.2 Å². The van der Waals surface area contributed by atoms with Gasteiger partial charge in [-0.05, 0) is 26.1 Å². The first-order valence-corrected chi connectivity index (χ1v) is 7.71. The predicted molar refractivity (Wildman–Crippen MR) is 77.4 cm³/mol. The molecule has 19 heavy (non-hydrogen) atoms. The predicted octanol–water partition coefficient (Wildman–Crippen LogP) is 0.706. The van der Waals surface area contributed by atoms with E-state index in [2.05, 4.69) is 20.4 Å². The Balaban J connectivity index is 0.00000180. The molecule has 2 unspecified atom stereocenters. The van der Waals surface area contributed by atoms with Crippen LogP contribution in [0.5, 0.6) is 0 Å². The van der Waals surface area contributed by atoms with E-state index in [1.807, 2.05) is 0 Å². The van der Waals surface area contributed by atoms with Crippen LogP contribution in [0.2, 0.25) is 0 Å². The van der Waals surface area contributed by atoms with Gasteiger partial charge >= 0.3 is 0 Å². The van der Waals surface area contributed by atoms with Crippen LogP contribution >= 0.6 is 23.2 Å².